The van der Waals surface area contributed by atoms with Gasteiger partial charge in [-0.1, -0.05) is 26.0 Å². The molecule has 0 fully saturated rings. The van der Waals surface area contributed by atoms with Crippen LogP contribution in [-0.4, -0.2) is 29.2 Å². The van der Waals surface area contributed by atoms with Gasteiger partial charge in [0.1, 0.15) is 16.5 Å². The van der Waals surface area contributed by atoms with Crippen molar-refractivity contribution in [3.05, 3.63) is 83.8 Å². The van der Waals surface area contributed by atoms with Crippen LogP contribution in [-0.2, 0) is 9.84 Å². The minimum absolute atomic E-state index is 0.104. The molecule has 6 nitrogen and oxygen atoms in total. The van der Waals surface area contributed by atoms with Gasteiger partial charge in [-0.3, -0.25) is 0 Å². The van der Waals surface area contributed by atoms with Crippen molar-refractivity contribution in [2.24, 2.45) is 0 Å². The number of fused-ring (bicyclic) bond motifs is 1. The lowest BCUT2D eigenvalue weighted by Gasteiger charge is -2.16. The molecule has 0 aliphatic rings. The number of nitrogens with zero attached hydrogens (tertiary/aromatic N) is 1. The second-order valence-corrected chi connectivity index (χ2v) is 9.58. The Kier molecular flexibility index (Phi) is 5.26. The van der Waals surface area contributed by atoms with Crippen LogP contribution < -0.4 is 0 Å². The van der Waals surface area contributed by atoms with E-state index >= 15 is 0 Å². The Morgan fingerprint density at radius 2 is 1.66 bits per heavy atom. The van der Waals surface area contributed by atoms with Gasteiger partial charge >= 0.3 is 5.97 Å². The zero-order chi connectivity index (χ0) is 23.2. The highest BCUT2D eigenvalue weighted by molar-refractivity contribution is 7.91. The lowest BCUT2D eigenvalue weighted by molar-refractivity contribution is 0.0696. The molecule has 0 aliphatic carbocycles. The van der Waals surface area contributed by atoms with Gasteiger partial charge in [0, 0.05) is 11.4 Å². The summed E-state index contributed by atoms with van der Waals surface area (Å²) in [6.45, 7) is 3.63. The molecule has 1 heterocycles. The van der Waals surface area contributed by atoms with Crippen molar-refractivity contribution in [3.63, 3.8) is 0 Å². The number of halogens is 1. The van der Waals surface area contributed by atoms with Crippen LogP contribution in [0.25, 0.3) is 16.6 Å². The Balaban J connectivity index is 2.14. The molecule has 0 aliphatic heterocycles. The maximum Gasteiger partial charge on any atom is 0.335 e. The third-order valence-electron chi connectivity index (χ3n) is 5.25. The zero-order valence-corrected chi connectivity index (χ0v) is 18.1. The predicted molar refractivity (Wildman–Crippen MR) is 118 cm³/mol. The Labute approximate surface area is 184 Å². The van der Waals surface area contributed by atoms with Gasteiger partial charge in [-0.25, -0.2) is 17.6 Å². The number of hydrogen-bond donors (Lipinski definition) is 2. The second kappa shape index (κ2) is 7.80. The second-order valence-electron chi connectivity index (χ2n) is 7.69. The Hall–Kier alpha value is -3.65. The first-order valence-corrected chi connectivity index (χ1v) is 11.3. The van der Waals surface area contributed by atoms with Gasteiger partial charge in [-0.05, 0) is 60.5 Å². The van der Waals surface area contributed by atoms with E-state index in [1.165, 1.54) is 48.5 Å². The van der Waals surface area contributed by atoms with E-state index in [0.717, 1.165) is 6.07 Å². The predicted octanol–water partition coefficient (Wildman–Crippen LogP) is 5.13. The average molecular weight is 453 g/mol. The van der Waals surface area contributed by atoms with E-state index in [4.69, 9.17) is 0 Å². The largest absolute Gasteiger partial charge is 0.507 e. The minimum atomic E-state index is -4.23. The summed E-state index contributed by atoms with van der Waals surface area (Å²) in [4.78, 5) is 11.1. The third kappa shape index (κ3) is 3.42. The smallest absolute Gasteiger partial charge is 0.335 e. The maximum atomic E-state index is 13.8. The molecule has 164 valence electrons. The molecular weight excluding hydrogens is 433 g/mol. The van der Waals surface area contributed by atoms with Crippen LogP contribution in [0, 0.1) is 5.82 Å². The van der Waals surface area contributed by atoms with Crippen LogP contribution >= 0.6 is 0 Å². The Bertz CT molecular complexity index is 1450. The summed E-state index contributed by atoms with van der Waals surface area (Å²) in [5, 5.41) is 20.1. The monoisotopic (exact) mass is 453 g/mol. The number of aromatic nitrogens is 1. The van der Waals surface area contributed by atoms with Crippen molar-refractivity contribution in [2.45, 2.75) is 29.6 Å². The molecule has 3 aromatic carbocycles. The van der Waals surface area contributed by atoms with Crippen molar-refractivity contribution in [2.75, 3.05) is 0 Å². The van der Waals surface area contributed by atoms with Gasteiger partial charge in [0.2, 0.25) is 9.84 Å². The van der Waals surface area contributed by atoms with Crippen LogP contribution in [0.1, 0.15) is 35.8 Å². The topological polar surface area (TPSA) is 96.6 Å². The molecule has 0 amide bonds. The van der Waals surface area contributed by atoms with Crippen LogP contribution in [0.2, 0.25) is 0 Å². The first-order valence-electron chi connectivity index (χ1n) is 9.83. The number of carboxylic acid groups (broad SMARTS) is 1. The molecule has 2 N–H and O–H groups in total. The number of carbonyl (C=O) groups is 1. The lowest BCUT2D eigenvalue weighted by Crippen LogP contribution is -2.10. The molecule has 32 heavy (non-hydrogen) atoms. The molecule has 8 heteroatoms. The first-order chi connectivity index (χ1) is 15.1. The van der Waals surface area contributed by atoms with E-state index in [0.29, 0.717) is 16.9 Å². The fraction of sp³-hybridized carbons (Fsp3) is 0.125. The van der Waals surface area contributed by atoms with Crippen LogP contribution in [0.5, 0.6) is 5.75 Å². The first kappa shape index (κ1) is 21.6. The quantitative estimate of drug-likeness (QED) is 0.437. The summed E-state index contributed by atoms with van der Waals surface area (Å²) in [7, 11) is -4.23. The number of carboxylic acids is 1. The normalized spacial score (nSPS) is 11.9. The highest BCUT2D eigenvalue weighted by Crippen LogP contribution is 2.43. The van der Waals surface area contributed by atoms with Crippen molar-refractivity contribution < 1.29 is 27.8 Å². The van der Waals surface area contributed by atoms with Crippen molar-refractivity contribution >= 4 is 26.7 Å². The van der Waals surface area contributed by atoms with Gasteiger partial charge < -0.3 is 14.8 Å². The number of phenols is 1. The molecule has 0 unspecified atom stereocenters. The molecule has 0 saturated heterocycles. The van der Waals surface area contributed by atoms with Gasteiger partial charge in [0.15, 0.2) is 0 Å². The van der Waals surface area contributed by atoms with Crippen LogP contribution in [0.4, 0.5) is 4.39 Å². The van der Waals surface area contributed by atoms with Crippen LogP contribution in [0.15, 0.2) is 76.5 Å². The van der Waals surface area contributed by atoms with Crippen molar-refractivity contribution in [3.8, 4) is 11.4 Å². The molecule has 0 atom stereocenters. The fourth-order valence-corrected chi connectivity index (χ4v) is 5.74. The zero-order valence-electron chi connectivity index (χ0n) is 17.3. The molecule has 0 radical (unpaired) electrons. The Morgan fingerprint density at radius 3 is 2.28 bits per heavy atom. The summed E-state index contributed by atoms with van der Waals surface area (Å²) in [5.41, 5.74) is 1.21. The Morgan fingerprint density at radius 1 is 1.00 bits per heavy atom. The van der Waals surface area contributed by atoms with E-state index in [9.17, 15) is 27.8 Å². The number of aromatic hydroxyl groups is 1. The summed E-state index contributed by atoms with van der Waals surface area (Å²) in [6, 6.07) is 15.4. The summed E-state index contributed by atoms with van der Waals surface area (Å²) >= 11 is 0. The van der Waals surface area contributed by atoms with Gasteiger partial charge in [-0.15, -0.1) is 0 Å². The van der Waals surface area contributed by atoms with Gasteiger partial charge in [0.25, 0.3) is 0 Å². The number of hydrogen-bond acceptors (Lipinski definition) is 4. The number of benzene rings is 3. The highest BCUT2D eigenvalue weighted by atomic mass is 32.2. The summed E-state index contributed by atoms with van der Waals surface area (Å²) in [6.07, 6.45) is 0. The molecule has 0 saturated carbocycles. The summed E-state index contributed by atoms with van der Waals surface area (Å²) < 4.78 is 42.9. The van der Waals surface area contributed by atoms with E-state index in [-0.39, 0.29) is 32.4 Å². The molecule has 4 aromatic rings. The van der Waals surface area contributed by atoms with Gasteiger partial charge in [0.05, 0.1) is 21.4 Å². The van der Waals surface area contributed by atoms with E-state index < -0.39 is 21.6 Å². The number of phenolic OH excluding ortho intramolecular Hbond substituents is 1. The van der Waals surface area contributed by atoms with Crippen molar-refractivity contribution in [1.29, 1.82) is 0 Å². The maximum absolute atomic E-state index is 13.8. The molecule has 0 spiro atoms. The molecule has 0 bridgehead atoms. The summed E-state index contributed by atoms with van der Waals surface area (Å²) in [5.74, 6) is -2.21. The SMILES string of the molecule is CC(C)c1c(S(=O)(=O)c2cccc(C(=O)O)c2)c2c(O)cccc2n1-c1ccc(F)cc1. The average Bonchev–Trinajstić information content (AvgIpc) is 3.12. The van der Waals surface area contributed by atoms with Gasteiger partial charge in [-0.2, -0.15) is 0 Å². The standard InChI is InChI=1S/C24H20FNO5S/c1-14(2)22-23(32(30,31)18-6-3-5-15(13-18)24(28)29)21-19(7-4-8-20(21)27)26(22)17-11-9-16(25)10-12-17/h3-14,27H,1-2H3,(H,28,29). The number of aromatic carboxylic acids is 1. The van der Waals surface area contributed by atoms with E-state index in [1.54, 1.807) is 16.7 Å². The third-order valence-corrected chi connectivity index (χ3v) is 7.08. The number of sulfone groups is 1. The molecule has 1 aromatic heterocycles. The van der Waals surface area contributed by atoms with E-state index in [2.05, 4.69) is 0 Å². The van der Waals surface area contributed by atoms with E-state index in [1.807, 2.05) is 13.8 Å². The molecule has 4 rings (SSSR count). The van der Waals surface area contributed by atoms with Crippen LogP contribution in [0.3, 0.4) is 0 Å². The van der Waals surface area contributed by atoms with Crippen molar-refractivity contribution in [1.82, 2.24) is 4.57 Å². The number of rotatable bonds is 5. The molecular formula is C24H20FNO5S. The lowest BCUT2D eigenvalue weighted by atomic mass is 10.1. The fourth-order valence-electron chi connectivity index (χ4n) is 3.88. The highest BCUT2D eigenvalue weighted by Gasteiger charge is 2.32. The minimum Gasteiger partial charge on any atom is -0.507 e.